The summed E-state index contributed by atoms with van der Waals surface area (Å²) >= 11 is 2.96. The van der Waals surface area contributed by atoms with Gasteiger partial charge in [0.25, 0.3) is 11.5 Å². The van der Waals surface area contributed by atoms with Crippen LogP contribution in [0.15, 0.2) is 52.6 Å². The number of nitrogens with zero attached hydrogens (tertiary/aromatic N) is 1. The van der Waals surface area contributed by atoms with Crippen molar-refractivity contribution in [3.8, 4) is 0 Å². The highest BCUT2D eigenvalue weighted by molar-refractivity contribution is 7.20. The van der Waals surface area contributed by atoms with Crippen LogP contribution in [-0.4, -0.2) is 22.4 Å². The molecule has 3 aromatic heterocycles. The van der Waals surface area contributed by atoms with Crippen LogP contribution in [0.2, 0.25) is 0 Å². The molecule has 0 radical (unpaired) electrons. The molecule has 0 aliphatic carbocycles. The summed E-state index contributed by atoms with van der Waals surface area (Å²) in [7, 11) is 0. The van der Waals surface area contributed by atoms with E-state index in [1.54, 1.807) is 18.3 Å². The van der Waals surface area contributed by atoms with Gasteiger partial charge in [0, 0.05) is 17.8 Å². The van der Waals surface area contributed by atoms with Crippen molar-refractivity contribution in [2.24, 2.45) is 0 Å². The van der Waals surface area contributed by atoms with Crippen molar-refractivity contribution in [2.75, 3.05) is 6.54 Å². The molecule has 0 aliphatic rings. The molecule has 0 aliphatic heterocycles. The molecule has 0 saturated heterocycles. The Morgan fingerprint density at radius 1 is 1.18 bits per heavy atom. The third kappa shape index (κ3) is 3.90. The van der Waals surface area contributed by atoms with E-state index in [0.29, 0.717) is 39.4 Å². The number of hydrogen-bond donors (Lipinski definition) is 2. The van der Waals surface area contributed by atoms with Gasteiger partial charge in [-0.1, -0.05) is 36.4 Å². The monoisotopic (exact) mass is 409 g/mol. The lowest BCUT2D eigenvalue weighted by atomic mass is 10.1. The van der Waals surface area contributed by atoms with E-state index in [9.17, 15) is 9.59 Å². The summed E-state index contributed by atoms with van der Waals surface area (Å²) in [5.41, 5.74) is 1.57. The molecule has 1 aromatic carbocycles. The zero-order chi connectivity index (χ0) is 19.5. The van der Waals surface area contributed by atoms with Gasteiger partial charge >= 0.3 is 0 Å². The second-order valence-corrected chi connectivity index (χ2v) is 8.53. The summed E-state index contributed by atoms with van der Waals surface area (Å²) in [5.74, 6) is 0.454. The fourth-order valence-electron chi connectivity index (χ4n) is 3.11. The van der Waals surface area contributed by atoms with Crippen LogP contribution in [0.25, 0.3) is 10.2 Å². The van der Waals surface area contributed by atoms with Crippen molar-refractivity contribution in [1.29, 1.82) is 0 Å². The van der Waals surface area contributed by atoms with Crippen LogP contribution in [0, 0.1) is 6.92 Å². The average Bonchev–Trinajstić information content (AvgIpc) is 3.30. The van der Waals surface area contributed by atoms with E-state index in [2.05, 4.69) is 21.4 Å². The van der Waals surface area contributed by atoms with E-state index in [0.717, 1.165) is 12.0 Å². The molecule has 0 spiro atoms. The quantitative estimate of drug-likeness (QED) is 0.507. The highest BCUT2D eigenvalue weighted by Crippen LogP contribution is 2.27. The number of aromatic nitrogens is 2. The number of thiophene rings is 2. The molecule has 0 saturated carbocycles. The Hall–Kier alpha value is -2.77. The van der Waals surface area contributed by atoms with Crippen molar-refractivity contribution in [1.82, 2.24) is 15.3 Å². The minimum absolute atomic E-state index is 0.152. The lowest BCUT2D eigenvalue weighted by Crippen LogP contribution is -2.25. The number of carbonyl (C=O) groups excluding carboxylic acids is 1. The SMILES string of the molecule is Cc1c(C(=O)NCCc2cccs2)sc2nc(Cc3ccccc3)[nH]c(=O)c12. The predicted molar refractivity (Wildman–Crippen MR) is 115 cm³/mol. The number of aromatic amines is 1. The normalized spacial score (nSPS) is 11.0. The number of rotatable bonds is 6. The third-order valence-electron chi connectivity index (χ3n) is 4.51. The Labute approximate surface area is 170 Å². The minimum Gasteiger partial charge on any atom is -0.351 e. The number of nitrogens with one attached hydrogen (secondary N) is 2. The van der Waals surface area contributed by atoms with E-state index in [1.165, 1.54) is 16.2 Å². The molecule has 4 rings (SSSR count). The van der Waals surface area contributed by atoms with Gasteiger partial charge in [-0.3, -0.25) is 9.59 Å². The van der Waals surface area contributed by atoms with Gasteiger partial charge in [-0.2, -0.15) is 0 Å². The second-order valence-electron chi connectivity index (χ2n) is 6.50. The van der Waals surface area contributed by atoms with Crippen LogP contribution in [0.3, 0.4) is 0 Å². The number of H-pyrrole nitrogens is 1. The Bertz CT molecular complexity index is 1160. The first kappa shape index (κ1) is 18.6. The van der Waals surface area contributed by atoms with Crippen LogP contribution in [-0.2, 0) is 12.8 Å². The van der Waals surface area contributed by atoms with E-state index >= 15 is 0 Å². The molecule has 2 N–H and O–H groups in total. The summed E-state index contributed by atoms with van der Waals surface area (Å²) in [6.07, 6.45) is 1.35. The summed E-state index contributed by atoms with van der Waals surface area (Å²) in [6.45, 7) is 2.37. The summed E-state index contributed by atoms with van der Waals surface area (Å²) in [4.78, 5) is 35.1. The number of carbonyl (C=O) groups is 1. The zero-order valence-corrected chi connectivity index (χ0v) is 17.0. The Morgan fingerprint density at radius 2 is 2.00 bits per heavy atom. The summed E-state index contributed by atoms with van der Waals surface area (Å²) in [5, 5.41) is 5.48. The fourth-order valence-corrected chi connectivity index (χ4v) is 4.94. The van der Waals surface area contributed by atoms with E-state index < -0.39 is 0 Å². The van der Waals surface area contributed by atoms with Crippen molar-refractivity contribution < 1.29 is 4.79 Å². The number of amides is 1. The highest BCUT2D eigenvalue weighted by Gasteiger charge is 2.19. The zero-order valence-electron chi connectivity index (χ0n) is 15.3. The van der Waals surface area contributed by atoms with Gasteiger partial charge < -0.3 is 10.3 Å². The third-order valence-corrected chi connectivity index (χ3v) is 6.63. The van der Waals surface area contributed by atoms with Crippen LogP contribution in [0.5, 0.6) is 0 Å². The molecule has 0 bridgehead atoms. The number of aryl methyl sites for hydroxylation is 1. The van der Waals surface area contributed by atoms with Gasteiger partial charge in [0.2, 0.25) is 0 Å². The molecule has 5 nitrogen and oxygen atoms in total. The molecule has 1 amide bonds. The van der Waals surface area contributed by atoms with E-state index in [1.807, 2.05) is 41.8 Å². The van der Waals surface area contributed by atoms with Gasteiger partial charge in [-0.25, -0.2) is 4.98 Å². The van der Waals surface area contributed by atoms with Gasteiger partial charge in [-0.15, -0.1) is 22.7 Å². The molecule has 7 heteroatoms. The van der Waals surface area contributed by atoms with E-state index in [-0.39, 0.29) is 11.5 Å². The van der Waals surface area contributed by atoms with Crippen LogP contribution < -0.4 is 10.9 Å². The number of hydrogen-bond acceptors (Lipinski definition) is 5. The van der Waals surface area contributed by atoms with Gasteiger partial charge in [0.1, 0.15) is 10.7 Å². The topological polar surface area (TPSA) is 74.8 Å². The van der Waals surface area contributed by atoms with Crippen LogP contribution in [0.1, 0.15) is 31.5 Å². The molecular weight excluding hydrogens is 390 g/mol. The highest BCUT2D eigenvalue weighted by atomic mass is 32.1. The minimum atomic E-state index is -0.192. The van der Waals surface area contributed by atoms with Gasteiger partial charge in [-0.05, 0) is 35.9 Å². The maximum Gasteiger partial charge on any atom is 0.261 e. The molecule has 142 valence electrons. The molecule has 0 fully saturated rings. The van der Waals surface area contributed by atoms with Crippen LogP contribution >= 0.6 is 22.7 Å². The Kier molecular flexibility index (Phi) is 5.36. The van der Waals surface area contributed by atoms with Crippen molar-refractivity contribution in [2.45, 2.75) is 19.8 Å². The predicted octanol–water partition coefficient (Wildman–Crippen LogP) is 3.92. The first-order valence-corrected chi connectivity index (χ1v) is 10.7. The maximum atomic E-state index is 12.6. The lowest BCUT2D eigenvalue weighted by Gasteiger charge is -2.03. The van der Waals surface area contributed by atoms with Crippen molar-refractivity contribution in [3.63, 3.8) is 0 Å². The molecular formula is C21H19N3O2S2. The standard InChI is InChI=1S/C21H19N3O2S2/c1-13-17-19(25)23-16(12-14-6-3-2-4-7-14)24-21(17)28-18(13)20(26)22-10-9-15-8-5-11-27-15/h2-8,11H,9-10,12H2,1H3,(H,22,26)(H,23,24,25). The smallest absolute Gasteiger partial charge is 0.261 e. The number of fused-ring (bicyclic) bond motifs is 1. The molecule has 0 atom stereocenters. The van der Waals surface area contributed by atoms with Crippen LogP contribution in [0.4, 0.5) is 0 Å². The van der Waals surface area contributed by atoms with Crippen molar-refractivity contribution >= 4 is 38.8 Å². The second kappa shape index (κ2) is 8.08. The first-order valence-electron chi connectivity index (χ1n) is 8.98. The Morgan fingerprint density at radius 3 is 2.75 bits per heavy atom. The molecule has 0 unspecified atom stereocenters. The lowest BCUT2D eigenvalue weighted by molar-refractivity contribution is 0.0958. The van der Waals surface area contributed by atoms with Gasteiger partial charge in [0.15, 0.2) is 0 Å². The largest absolute Gasteiger partial charge is 0.351 e. The molecule has 28 heavy (non-hydrogen) atoms. The summed E-state index contributed by atoms with van der Waals surface area (Å²) in [6, 6.07) is 13.9. The Balaban J connectivity index is 1.56. The van der Waals surface area contributed by atoms with E-state index in [4.69, 9.17) is 0 Å². The average molecular weight is 410 g/mol. The summed E-state index contributed by atoms with van der Waals surface area (Å²) < 4.78 is 0. The molecule has 3 heterocycles. The first-order chi connectivity index (χ1) is 13.6. The maximum absolute atomic E-state index is 12.6. The number of benzene rings is 1. The van der Waals surface area contributed by atoms with Crippen molar-refractivity contribution in [3.05, 3.63) is 84.9 Å². The van der Waals surface area contributed by atoms with Gasteiger partial charge in [0.05, 0.1) is 10.3 Å². The fraction of sp³-hybridized carbons (Fsp3) is 0.190. The molecule has 4 aromatic rings.